The van der Waals surface area contributed by atoms with Gasteiger partial charge in [0, 0.05) is 32.2 Å². The number of nitrogens with zero attached hydrogens (tertiary/aromatic N) is 4. The zero-order chi connectivity index (χ0) is 20.6. The second-order valence-electron chi connectivity index (χ2n) is 7.62. The molecule has 4 rings (SSSR count). The maximum absolute atomic E-state index is 13.1. The predicted octanol–water partition coefficient (Wildman–Crippen LogP) is 2.69. The summed E-state index contributed by atoms with van der Waals surface area (Å²) in [7, 11) is -3.53. The smallest absolute Gasteiger partial charge is 0.287 e. The van der Waals surface area contributed by atoms with Gasteiger partial charge in [0.2, 0.25) is 10.0 Å². The van der Waals surface area contributed by atoms with E-state index in [1.807, 2.05) is 17.0 Å². The Hall–Kier alpha value is -2.52. The monoisotopic (exact) mass is 416 g/mol. The van der Waals surface area contributed by atoms with E-state index in [0.717, 1.165) is 31.2 Å². The first-order valence-corrected chi connectivity index (χ1v) is 11.3. The van der Waals surface area contributed by atoms with Crippen molar-refractivity contribution in [2.24, 2.45) is 0 Å². The van der Waals surface area contributed by atoms with Crippen molar-refractivity contribution in [3.05, 3.63) is 57.3 Å². The highest BCUT2D eigenvalue weighted by molar-refractivity contribution is 7.89. The molecule has 0 N–H and O–H groups in total. The van der Waals surface area contributed by atoms with Gasteiger partial charge in [-0.25, -0.2) is 13.4 Å². The van der Waals surface area contributed by atoms with Gasteiger partial charge in [0.05, 0.1) is 9.82 Å². The van der Waals surface area contributed by atoms with Crippen LogP contribution in [0.15, 0.2) is 35.4 Å². The van der Waals surface area contributed by atoms with Gasteiger partial charge in [-0.3, -0.25) is 10.1 Å². The summed E-state index contributed by atoms with van der Waals surface area (Å²) in [5, 5.41) is 10.9. The number of benzene rings is 1. The Bertz CT molecular complexity index is 1050. The number of fused-ring (bicyclic) bond motifs is 1. The summed E-state index contributed by atoms with van der Waals surface area (Å²) in [6, 6.07) is 7.03. The molecule has 1 aliphatic carbocycles. The Morgan fingerprint density at radius 1 is 1.03 bits per heavy atom. The third kappa shape index (κ3) is 3.84. The average Bonchev–Trinajstić information content (AvgIpc) is 2.73. The van der Waals surface area contributed by atoms with Gasteiger partial charge in [0.25, 0.3) is 5.69 Å². The van der Waals surface area contributed by atoms with Crippen molar-refractivity contribution in [2.75, 3.05) is 31.1 Å². The fourth-order valence-corrected chi connectivity index (χ4v) is 5.62. The van der Waals surface area contributed by atoms with Crippen molar-refractivity contribution in [3.63, 3.8) is 0 Å². The highest BCUT2D eigenvalue weighted by Gasteiger charge is 2.30. The number of rotatable bonds is 4. The van der Waals surface area contributed by atoms with Gasteiger partial charge in [-0.1, -0.05) is 6.07 Å². The number of sulfonamides is 1. The summed E-state index contributed by atoms with van der Waals surface area (Å²) >= 11 is 0. The van der Waals surface area contributed by atoms with Crippen LogP contribution in [0, 0.1) is 17.0 Å². The van der Waals surface area contributed by atoms with Crippen LogP contribution in [0.5, 0.6) is 0 Å². The van der Waals surface area contributed by atoms with Gasteiger partial charge in [0.15, 0.2) is 0 Å². The minimum absolute atomic E-state index is 0.0418. The van der Waals surface area contributed by atoms with Crippen LogP contribution in [0.1, 0.15) is 29.5 Å². The molecule has 8 nitrogen and oxygen atoms in total. The number of hydrogen-bond donors (Lipinski definition) is 0. The number of piperazine rings is 1. The summed E-state index contributed by atoms with van der Waals surface area (Å²) in [6.07, 6.45) is 5.49. The molecule has 0 spiro atoms. The molecule has 0 saturated carbocycles. The molecule has 0 amide bonds. The van der Waals surface area contributed by atoms with Crippen LogP contribution in [0.25, 0.3) is 0 Å². The first-order chi connectivity index (χ1) is 13.9. The van der Waals surface area contributed by atoms with Crippen molar-refractivity contribution >= 4 is 21.5 Å². The van der Waals surface area contributed by atoms with E-state index in [4.69, 9.17) is 0 Å². The van der Waals surface area contributed by atoms with Crippen molar-refractivity contribution in [1.29, 1.82) is 0 Å². The molecule has 1 aromatic carbocycles. The molecular formula is C20H24N4O4S. The standard InChI is InChI=1S/C20H24N4O4S/c1-15-12-18(24(25)26)14-21-20(15)22-8-10-23(11-9-22)29(27,28)19-7-6-16-4-2-3-5-17(16)13-19/h6-7,12-14H,2-5,8-11H2,1H3. The lowest BCUT2D eigenvalue weighted by Gasteiger charge is -2.35. The SMILES string of the molecule is Cc1cc([N+](=O)[O-])cnc1N1CCN(S(=O)(=O)c2ccc3c(c2)CCCC3)CC1. The Labute approximate surface area is 170 Å². The van der Waals surface area contributed by atoms with Crippen LogP contribution in [0.3, 0.4) is 0 Å². The predicted molar refractivity (Wildman–Crippen MR) is 110 cm³/mol. The van der Waals surface area contributed by atoms with Crippen LogP contribution in [-0.4, -0.2) is 48.8 Å². The quantitative estimate of drug-likeness (QED) is 0.562. The first kappa shape index (κ1) is 19.8. The van der Waals surface area contributed by atoms with Crippen LogP contribution >= 0.6 is 0 Å². The van der Waals surface area contributed by atoms with E-state index in [1.165, 1.54) is 22.1 Å². The largest absolute Gasteiger partial charge is 0.354 e. The zero-order valence-corrected chi connectivity index (χ0v) is 17.2. The zero-order valence-electron chi connectivity index (χ0n) is 16.4. The summed E-state index contributed by atoms with van der Waals surface area (Å²) in [6.45, 7) is 3.49. The van der Waals surface area contributed by atoms with E-state index in [9.17, 15) is 18.5 Å². The van der Waals surface area contributed by atoms with Gasteiger partial charge in [-0.15, -0.1) is 0 Å². The van der Waals surface area contributed by atoms with E-state index < -0.39 is 14.9 Å². The molecule has 1 aromatic heterocycles. The fourth-order valence-electron chi connectivity index (χ4n) is 4.14. The Morgan fingerprint density at radius 3 is 2.38 bits per heavy atom. The van der Waals surface area contributed by atoms with Gasteiger partial charge in [0.1, 0.15) is 12.0 Å². The third-order valence-corrected chi connectivity index (χ3v) is 7.64. The van der Waals surface area contributed by atoms with Gasteiger partial charge in [-0.2, -0.15) is 4.31 Å². The highest BCUT2D eigenvalue weighted by Crippen LogP contribution is 2.27. The molecule has 0 radical (unpaired) electrons. The molecule has 154 valence electrons. The molecule has 2 aliphatic rings. The number of hydrogen-bond acceptors (Lipinski definition) is 6. The van der Waals surface area contributed by atoms with E-state index in [0.29, 0.717) is 42.5 Å². The number of aryl methyl sites for hydroxylation is 3. The van der Waals surface area contributed by atoms with Gasteiger partial charge >= 0.3 is 0 Å². The lowest BCUT2D eigenvalue weighted by Crippen LogP contribution is -2.49. The molecule has 1 saturated heterocycles. The molecule has 9 heteroatoms. The number of pyridine rings is 1. The summed E-state index contributed by atoms with van der Waals surface area (Å²) in [5.74, 6) is 0.668. The molecule has 2 aromatic rings. The van der Waals surface area contributed by atoms with Gasteiger partial charge < -0.3 is 4.90 Å². The minimum Gasteiger partial charge on any atom is -0.354 e. The molecule has 1 fully saturated rings. The maximum atomic E-state index is 13.1. The highest BCUT2D eigenvalue weighted by atomic mass is 32.2. The lowest BCUT2D eigenvalue weighted by atomic mass is 9.92. The van der Waals surface area contributed by atoms with E-state index in [1.54, 1.807) is 13.0 Å². The van der Waals surface area contributed by atoms with E-state index >= 15 is 0 Å². The Morgan fingerprint density at radius 2 is 1.72 bits per heavy atom. The molecule has 1 aliphatic heterocycles. The third-order valence-electron chi connectivity index (χ3n) is 5.74. The number of aromatic nitrogens is 1. The lowest BCUT2D eigenvalue weighted by molar-refractivity contribution is -0.385. The summed E-state index contributed by atoms with van der Waals surface area (Å²) < 4.78 is 27.8. The minimum atomic E-state index is -3.53. The molecule has 2 heterocycles. The summed E-state index contributed by atoms with van der Waals surface area (Å²) in [4.78, 5) is 17.0. The molecule has 0 unspecified atom stereocenters. The normalized spacial score (nSPS) is 17.8. The average molecular weight is 417 g/mol. The van der Waals surface area contributed by atoms with Crippen molar-refractivity contribution in [3.8, 4) is 0 Å². The second kappa shape index (κ2) is 7.72. The van der Waals surface area contributed by atoms with Crippen molar-refractivity contribution in [2.45, 2.75) is 37.5 Å². The maximum Gasteiger partial charge on any atom is 0.287 e. The second-order valence-corrected chi connectivity index (χ2v) is 9.56. The van der Waals surface area contributed by atoms with E-state index in [2.05, 4.69) is 4.98 Å². The summed E-state index contributed by atoms with van der Waals surface area (Å²) in [5.41, 5.74) is 3.09. The molecule has 0 atom stereocenters. The number of nitro groups is 1. The molecule has 29 heavy (non-hydrogen) atoms. The van der Waals surface area contributed by atoms with Crippen LogP contribution < -0.4 is 4.90 Å². The molecule has 0 bridgehead atoms. The topological polar surface area (TPSA) is 96.7 Å². The van der Waals surface area contributed by atoms with Crippen molar-refractivity contribution in [1.82, 2.24) is 9.29 Å². The Kier molecular flexibility index (Phi) is 5.26. The van der Waals surface area contributed by atoms with Crippen LogP contribution in [0.4, 0.5) is 11.5 Å². The van der Waals surface area contributed by atoms with Crippen LogP contribution in [0.2, 0.25) is 0 Å². The number of anilines is 1. The first-order valence-electron chi connectivity index (χ1n) is 9.84. The van der Waals surface area contributed by atoms with E-state index in [-0.39, 0.29) is 5.69 Å². The fraction of sp³-hybridized carbons (Fsp3) is 0.450. The molecular weight excluding hydrogens is 392 g/mol. The van der Waals surface area contributed by atoms with Crippen molar-refractivity contribution < 1.29 is 13.3 Å². The van der Waals surface area contributed by atoms with Gasteiger partial charge in [-0.05, 0) is 61.4 Å². The Balaban J connectivity index is 1.48. The van der Waals surface area contributed by atoms with Crippen LogP contribution in [-0.2, 0) is 22.9 Å².